The van der Waals surface area contributed by atoms with E-state index in [9.17, 15) is 14.4 Å². The Morgan fingerprint density at radius 2 is 1.79 bits per heavy atom. The molecule has 0 N–H and O–H groups in total. The van der Waals surface area contributed by atoms with Crippen LogP contribution >= 0.6 is 11.8 Å². The molecule has 0 spiro atoms. The van der Waals surface area contributed by atoms with Crippen LogP contribution < -0.4 is 0 Å². The van der Waals surface area contributed by atoms with Crippen molar-refractivity contribution in [3.8, 4) is 0 Å². The van der Waals surface area contributed by atoms with Crippen LogP contribution in [0.5, 0.6) is 0 Å². The van der Waals surface area contributed by atoms with Crippen LogP contribution in [0.2, 0.25) is 0 Å². The molecule has 0 atom stereocenters. The van der Waals surface area contributed by atoms with Crippen molar-refractivity contribution in [2.45, 2.75) is 40.7 Å². The SMILES string of the molecule is Cc1cc(C)c(/C=C2\SC(=O)N(CC(=O)OC(C)C)C2=O)c(C)c1. The summed E-state index contributed by atoms with van der Waals surface area (Å²) in [7, 11) is 0. The van der Waals surface area contributed by atoms with E-state index in [-0.39, 0.29) is 12.6 Å². The Hall–Kier alpha value is -2.08. The van der Waals surface area contributed by atoms with Gasteiger partial charge in [0.15, 0.2) is 0 Å². The number of aryl methyl sites for hydroxylation is 3. The van der Waals surface area contributed by atoms with Crippen molar-refractivity contribution < 1.29 is 19.1 Å². The van der Waals surface area contributed by atoms with Crippen molar-refractivity contribution in [2.24, 2.45) is 0 Å². The Balaban J connectivity index is 2.24. The van der Waals surface area contributed by atoms with E-state index in [0.29, 0.717) is 4.91 Å². The third kappa shape index (κ3) is 4.06. The lowest BCUT2D eigenvalue weighted by Crippen LogP contribution is -2.35. The van der Waals surface area contributed by atoms with E-state index in [0.717, 1.165) is 38.9 Å². The van der Waals surface area contributed by atoms with Crippen molar-refractivity contribution in [3.05, 3.63) is 39.3 Å². The molecule has 0 aromatic heterocycles. The lowest BCUT2D eigenvalue weighted by Gasteiger charge is -2.13. The molecular weight excluding hydrogens is 326 g/mol. The maximum Gasteiger partial charge on any atom is 0.326 e. The number of carbonyl (C=O) groups excluding carboxylic acids is 3. The molecule has 0 radical (unpaired) electrons. The maximum atomic E-state index is 12.4. The fourth-order valence-electron chi connectivity index (χ4n) is 2.62. The van der Waals surface area contributed by atoms with Gasteiger partial charge in [-0.25, -0.2) is 0 Å². The minimum absolute atomic E-state index is 0.286. The van der Waals surface area contributed by atoms with E-state index in [4.69, 9.17) is 4.74 Å². The molecule has 0 unspecified atom stereocenters. The number of imide groups is 1. The zero-order chi connectivity index (χ0) is 18.0. The van der Waals surface area contributed by atoms with Crippen molar-refractivity contribution in [2.75, 3.05) is 6.54 Å². The molecule has 2 amide bonds. The van der Waals surface area contributed by atoms with Gasteiger partial charge < -0.3 is 4.74 Å². The van der Waals surface area contributed by atoms with Crippen LogP contribution in [0.4, 0.5) is 4.79 Å². The first-order valence-electron chi connectivity index (χ1n) is 7.71. The van der Waals surface area contributed by atoms with Crippen molar-refractivity contribution in [1.82, 2.24) is 4.90 Å². The van der Waals surface area contributed by atoms with E-state index in [1.165, 1.54) is 0 Å². The number of ether oxygens (including phenoxy) is 1. The Kier molecular flexibility index (Phi) is 5.49. The second-order valence-electron chi connectivity index (χ2n) is 6.12. The molecule has 24 heavy (non-hydrogen) atoms. The minimum atomic E-state index is -0.587. The fraction of sp³-hybridized carbons (Fsp3) is 0.389. The molecule has 2 rings (SSSR count). The standard InChI is InChI=1S/C18H21NO4S/c1-10(2)23-16(20)9-19-17(21)15(24-18(19)22)8-14-12(4)6-11(3)7-13(14)5/h6-8,10H,9H2,1-5H3/b15-8-. The highest BCUT2D eigenvalue weighted by molar-refractivity contribution is 8.18. The number of nitrogens with zero attached hydrogens (tertiary/aromatic N) is 1. The van der Waals surface area contributed by atoms with E-state index < -0.39 is 17.1 Å². The highest BCUT2D eigenvalue weighted by Crippen LogP contribution is 2.33. The highest BCUT2D eigenvalue weighted by Gasteiger charge is 2.36. The zero-order valence-electron chi connectivity index (χ0n) is 14.5. The summed E-state index contributed by atoms with van der Waals surface area (Å²) in [4.78, 5) is 37.5. The van der Waals surface area contributed by atoms with Crippen LogP contribution in [0, 0.1) is 20.8 Å². The highest BCUT2D eigenvalue weighted by atomic mass is 32.2. The summed E-state index contributed by atoms with van der Waals surface area (Å²) in [5, 5.41) is -0.450. The summed E-state index contributed by atoms with van der Waals surface area (Å²) in [6.07, 6.45) is 1.44. The largest absolute Gasteiger partial charge is 0.462 e. The number of hydrogen-bond donors (Lipinski definition) is 0. The van der Waals surface area contributed by atoms with Crippen LogP contribution in [0.25, 0.3) is 6.08 Å². The molecular formula is C18H21NO4S. The molecule has 1 saturated heterocycles. The first-order valence-corrected chi connectivity index (χ1v) is 8.53. The van der Waals surface area contributed by atoms with E-state index in [1.54, 1.807) is 19.9 Å². The van der Waals surface area contributed by atoms with Crippen LogP contribution in [0.3, 0.4) is 0 Å². The lowest BCUT2D eigenvalue weighted by atomic mass is 9.99. The van der Waals surface area contributed by atoms with Gasteiger partial charge in [0.2, 0.25) is 0 Å². The van der Waals surface area contributed by atoms with Gasteiger partial charge in [-0.15, -0.1) is 0 Å². The van der Waals surface area contributed by atoms with Gasteiger partial charge in [0.05, 0.1) is 11.0 Å². The van der Waals surface area contributed by atoms with E-state index >= 15 is 0 Å². The summed E-state index contributed by atoms with van der Waals surface area (Å²) >= 11 is 0.850. The molecule has 1 aliphatic heterocycles. The van der Waals surface area contributed by atoms with E-state index in [1.807, 2.05) is 32.9 Å². The maximum absolute atomic E-state index is 12.4. The van der Waals surface area contributed by atoms with Gasteiger partial charge in [-0.1, -0.05) is 17.7 Å². The molecule has 0 bridgehead atoms. The Labute approximate surface area is 146 Å². The lowest BCUT2D eigenvalue weighted by molar-refractivity contribution is -0.149. The quantitative estimate of drug-likeness (QED) is 0.615. The molecule has 0 aliphatic carbocycles. The predicted molar refractivity (Wildman–Crippen MR) is 94.6 cm³/mol. The molecule has 1 aromatic carbocycles. The van der Waals surface area contributed by atoms with Gasteiger partial charge in [-0.2, -0.15) is 0 Å². The Morgan fingerprint density at radius 3 is 2.33 bits per heavy atom. The normalized spacial score (nSPS) is 16.4. The number of carbonyl (C=O) groups is 3. The molecule has 1 fully saturated rings. The summed E-state index contributed by atoms with van der Waals surface area (Å²) in [6, 6.07) is 4.06. The molecule has 0 saturated carbocycles. The average Bonchev–Trinajstić information content (AvgIpc) is 2.69. The number of benzene rings is 1. The molecule has 1 heterocycles. The monoisotopic (exact) mass is 347 g/mol. The Bertz CT molecular complexity index is 714. The van der Waals surface area contributed by atoms with Crippen LogP contribution in [-0.2, 0) is 14.3 Å². The average molecular weight is 347 g/mol. The minimum Gasteiger partial charge on any atom is -0.462 e. The summed E-state index contributed by atoms with van der Waals surface area (Å²) in [5.74, 6) is -1.04. The second kappa shape index (κ2) is 7.21. The van der Waals surface area contributed by atoms with Gasteiger partial charge in [0.25, 0.3) is 11.1 Å². The molecule has 128 valence electrons. The first kappa shape index (κ1) is 18.3. The molecule has 1 aromatic rings. The summed E-state index contributed by atoms with van der Waals surface area (Å²) < 4.78 is 5.00. The number of amides is 2. The van der Waals surface area contributed by atoms with Crippen molar-refractivity contribution in [1.29, 1.82) is 0 Å². The summed E-state index contributed by atoms with van der Waals surface area (Å²) in [5.41, 5.74) is 4.15. The van der Waals surface area contributed by atoms with Gasteiger partial charge in [0.1, 0.15) is 6.54 Å². The van der Waals surface area contributed by atoms with Crippen LogP contribution in [-0.4, -0.2) is 34.7 Å². The number of thioether (sulfide) groups is 1. The van der Waals surface area contributed by atoms with Crippen molar-refractivity contribution in [3.63, 3.8) is 0 Å². The third-order valence-electron chi connectivity index (χ3n) is 3.54. The van der Waals surface area contributed by atoms with Crippen molar-refractivity contribution >= 4 is 35.0 Å². The first-order chi connectivity index (χ1) is 11.2. The summed E-state index contributed by atoms with van der Waals surface area (Å²) in [6.45, 7) is 9.03. The fourth-order valence-corrected chi connectivity index (χ4v) is 3.44. The van der Waals surface area contributed by atoms with Gasteiger partial charge in [0, 0.05) is 0 Å². The number of rotatable bonds is 4. The smallest absolute Gasteiger partial charge is 0.326 e. The molecule has 1 aliphatic rings. The van der Waals surface area contributed by atoms with Crippen LogP contribution in [0.15, 0.2) is 17.0 Å². The van der Waals surface area contributed by atoms with Gasteiger partial charge in [-0.3, -0.25) is 19.3 Å². The van der Waals surface area contributed by atoms with Gasteiger partial charge >= 0.3 is 5.97 Å². The predicted octanol–water partition coefficient (Wildman–Crippen LogP) is 3.60. The number of hydrogen-bond acceptors (Lipinski definition) is 5. The topological polar surface area (TPSA) is 63.7 Å². The molecule has 6 heteroatoms. The molecule has 5 nitrogen and oxygen atoms in total. The zero-order valence-corrected chi connectivity index (χ0v) is 15.3. The van der Waals surface area contributed by atoms with Gasteiger partial charge in [-0.05, 0) is 69.1 Å². The second-order valence-corrected chi connectivity index (χ2v) is 7.11. The van der Waals surface area contributed by atoms with E-state index in [2.05, 4.69) is 0 Å². The third-order valence-corrected chi connectivity index (χ3v) is 4.45. The van der Waals surface area contributed by atoms with Crippen LogP contribution in [0.1, 0.15) is 36.1 Å². The number of esters is 1. The Morgan fingerprint density at radius 1 is 1.21 bits per heavy atom.